The summed E-state index contributed by atoms with van der Waals surface area (Å²) in [6, 6.07) is 6.21. The number of anilines is 1. The van der Waals surface area contributed by atoms with Crippen LogP contribution in [-0.4, -0.2) is 19.6 Å². The molecule has 2 rings (SSSR count). The summed E-state index contributed by atoms with van der Waals surface area (Å²) < 4.78 is 4.64. The van der Waals surface area contributed by atoms with Crippen molar-refractivity contribution in [1.29, 1.82) is 0 Å². The molecule has 0 fully saturated rings. The Balaban J connectivity index is 2.09. The van der Waals surface area contributed by atoms with Gasteiger partial charge in [0.1, 0.15) is 0 Å². The van der Waals surface area contributed by atoms with E-state index >= 15 is 0 Å². The minimum atomic E-state index is -0.140. The molecule has 1 N–H and O–H groups in total. The number of benzene rings is 1. The Labute approximate surface area is 89.4 Å². The normalized spacial score (nSPS) is 13.1. The molecule has 0 radical (unpaired) electrons. The van der Waals surface area contributed by atoms with Crippen molar-refractivity contribution >= 4 is 11.7 Å². The van der Waals surface area contributed by atoms with Gasteiger partial charge in [-0.3, -0.25) is 4.79 Å². The molecular formula is C12H15NO2. The average molecular weight is 205 g/mol. The number of nitrogens with one attached hydrogen (secondary N) is 1. The number of hydrogen-bond donors (Lipinski definition) is 1. The molecule has 80 valence electrons. The van der Waals surface area contributed by atoms with Crippen LogP contribution in [-0.2, 0) is 22.4 Å². The van der Waals surface area contributed by atoms with Crippen molar-refractivity contribution in [3.8, 4) is 0 Å². The Morgan fingerprint density at radius 3 is 3.20 bits per heavy atom. The maximum Gasteiger partial charge on any atom is 0.305 e. The van der Waals surface area contributed by atoms with Crippen LogP contribution >= 0.6 is 0 Å². The van der Waals surface area contributed by atoms with E-state index in [0.29, 0.717) is 6.42 Å². The number of methoxy groups -OCH3 is 1. The van der Waals surface area contributed by atoms with E-state index in [4.69, 9.17) is 0 Å². The highest BCUT2D eigenvalue weighted by molar-refractivity contribution is 5.70. The average Bonchev–Trinajstić information content (AvgIpc) is 2.74. The van der Waals surface area contributed by atoms with Gasteiger partial charge in [0.25, 0.3) is 0 Å². The van der Waals surface area contributed by atoms with Crippen molar-refractivity contribution in [1.82, 2.24) is 0 Å². The second-order valence-electron chi connectivity index (χ2n) is 3.70. The van der Waals surface area contributed by atoms with Gasteiger partial charge in [-0.15, -0.1) is 0 Å². The zero-order valence-corrected chi connectivity index (χ0v) is 8.88. The molecular weight excluding hydrogens is 190 g/mol. The lowest BCUT2D eigenvalue weighted by molar-refractivity contribution is -0.140. The minimum Gasteiger partial charge on any atom is -0.469 e. The van der Waals surface area contributed by atoms with Gasteiger partial charge in [-0.2, -0.15) is 0 Å². The highest BCUT2D eigenvalue weighted by Crippen LogP contribution is 2.26. The second kappa shape index (κ2) is 4.34. The maximum absolute atomic E-state index is 11.0. The van der Waals surface area contributed by atoms with Crippen LogP contribution in [0.4, 0.5) is 5.69 Å². The second-order valence-corrected chi connectivity index (χ2v) is 3.70. The monoisotopic (exact) mass is 205 g/mol. The molecule has 15 heavy (non-hydrogen) atoms. The van der Waals surface area contributed by atoms with Gasteiger partial charge in [-0.1, -0.05) is 12.1 Å². The van der Waals surface area contributed by atoms with E-state index in [2.05, 4.69) is 22.2 Å². The van der Waals surface area contributed by atoms with E-state index in [1.54, 1.807) is 0 Å². The molecule has 1 heterocycles. The van der Waals surface area contributed by atoms with E-state index in [1.807, 2.05) is 6.07 Å². The van der Waals surface area contributed by atoms with Crippen molar-refractivity contribution in [2.75, 3.05) is 19.0 Å². The first-order chi connectivity index (χ1) is 7.31. The maximum atomic E-state index is 11.0. The van der Waals surface area contributed by atoms with Crippen molar-refractivity contribution in [2.24, 2.45) is 0 Å². The van der Waals surface area contributed by atoms with Crippen molar-refractivity contribution < 1.29 is 9.53 Å². The van der Waals surface area contributed by atoms with E-state index in [9.17, 15) is 4.79 Å². The van der Waals surface area contributed by atoms with Gasteiger partial charge >= 0.3 is 5.97 Å². The first-order valence-electron chi connectivity index (χ1n) is 5.22. The number of hydrogen-bond acceptors (Lipinski definition) is 3. The summed E-state index contributed by atoms with van der Waals surface area (Å²) in [6.07, 6.45) is 2.30. The fourth-order valence-electron chi connectivity index (χ4n) is 1.99. The molecule has 0 unspecified atom stereocenters. The molecule has 0 saturated heterocycles. The van der Waals surface area contributed by atoms with Gasteiger partial charge in [0.05, 0.1) is 7.11 Å². The lowest BCUT2D eigenvalue weighted by atomic mass is 10.0. The number of rotatable bonds is 3. The largest absolute Gasteiger partial charge is 0.469 e. The van der Waals surface area contributed by atoms with Crippen molar-refractivity contribution in [2.45, 2.75) is 19.3 Å². The summed E-state index contributed by atoms with van der Waals surface area (Å²) in [5.74, 6) is -0.140. The Bertz CT molecular complexity index is 374. The molecule has 0 aromatic heterocycles. The third-order valence-electron chi connectivity index (χ3n) is 2.79. The predicted molar refractivity (Wildman–Crippen MR) is 59.0 cm³/mol. The van der Waals surface area contributed by atoms with Gasteiger partial charge in [0.15, 0.2) is 0 Å². The summed E-state index contributed by atoms with van der Waals surface area (Å²) in [5, 5.41) is 3.33. The minimum absolute atomic E-state index is 0.140. The third kappa shape index (κ3) is 2.12. The number of aryl methyl sites for hydroxylation is 1. The van der Waals surface area contributed by atoms with Gasteiger partial charge in [0.2, 0.25) is 0 Å². The smallest absolute Gasteiger partial charge is 0.305 e. The quantitative estimate of drug-likeness (QED) is 0.764. The highest BCUT2D eigenvalue weighted by Gasteiger charge is 2.14. The first-order valence-corrected chi connectivity index (χ1v) is 5.22. The van der Waals surface area contributed by atoms with E-state index < -0.39 is 0 Å². The molecule has 3 nitrogen and oxygen atoms in total. The molecule has 0 bridgehead atoms. The van der Waals surface area contributed by atoms with Gasteiger partial charge in [-0.25, -0.2) is 0 Å². The van der Waals surface area contributed by atoms with Crippen LogP contribution in [0.1, 0.15) is 17.5 Å². The van der Waals surface area contributed by atoms with Crippen LogP contribution in [0.15, 0.2) is 18.2 Å². The van der Waals surface area contributed by atoms with Crippen LogP contribution in [0.25, 0.3) is 0 Å². The molecule has 1 aromatic rings. The fourth-order valence-corrected chi connectivity index (χ4v) is 1.99. The Hall–Kier alpha value is -1.51. The molecule has 0 spiro atoms. The zero-order valence-electron chi connectivity index (χ0n) is 8.88. The Morgan fingerprint density at radius 1 is 1.53 bits per heavy atom. The van der Waals surface area contributed by atoms with E-state index in [0.717, 1.165) is 19.4 Å². The predicted octanol–water partition coefficient (Wildman–Crippen LogP) is 1.76. The molecule has 0 amide bonds. The van der Waals surface area contributed by atoms with Crippen LogP contribution in [0.5, 0.6) is 0 Å². The molecule has 1 aliphatic rings. The van der Waals surface area contributed by atoms with E-state index in [-0.39, 0.29) is 5.97 Å². The number of ether oxygens (including phenoxy) is 1. The van der Waals surface area contributed by atoms with E-state index in [1.165, 1.54) is 23.9 Å². The molecule has 1 aromatic carbocycles. The zero-order chi connectivity index (χ0) is 10.7. The molecule has 0 atom stereocenters. The molecule has 3 heteroatoms. The number of esters is 1. The summed E-state index contributed by atoms with van der Waals surface area (Å²) >= 11 is 0. The topological polar surface area (TPSA) is 38.3 Å². The summed E-state index contributed by atoms with van der Waals surface area (Å²) in [4.78, 5) is 11.0. The van der Waals surface area contributed by atoms with Gasteiger partial charge in [0, 0.05) is 18.7 Å². The van der Waals surface area contributed by atoms with Crippen molar-refractivity contribution in [3.63, 3.8) is 0 Å². The first kappa shape index (κ1) is 10.0. The Kier molecular flexibility index (Phi) is 2.90. The lowest BCUT2D eigenvalue weighted by Gasteiger charge is -2.06. The van der Waals surface area contributed by atoms with Gasteiger partial charge < -0.3 is 10.1 Å². The standard InChI is InChI=1S/C12H15NO2/c1-15-12(14)6-5-9-3-2-4-11-10(9)7-8-13-11/h2-4,13H,5-8H2,1H3. The molecule has 1 aliphatic heterocycles. The lowest BCUT2D eigenvalue weighted by Crippen LogP contribution is -2.03. The van der Waals surface area contributed by atoms with Crippen LogP contribution in [0.2, 0.25) is 0 Å². The summed E-state index contributed by atoms with van der Waals surface area (Å²) in [6.45, 7) is 1.00. The number of fused-ring (bicyclic) bond motifs is 1. The molecule has 0 saturated carbocycles. The molecule has 0 aliphatic carbocycles. The van der Waals surface area contributed by atoms with Crippen molar-refractivity contribution in [3.05, 3.63) is 29.3 Å². The summed E-state index contributed by atoms with van der Waals surface area (Å²) in [5.41, 5.74) is 3.85. The Morgan fingerprint density at radius 2 is 2.40 bits per heavy atom. The number of carbonyl (C=O) groups excluding carboxylic acids is 1. The fraction of sp³-hybridized carbons (Fsp3) is 0.417. The van der Waals surface area contributed by atoms with Crippen LogP contribution < -0.4 is 5.32 Å². The van der Waals surface area contributed by atoms with Crippen LogP contribution in [0.3, 0.4) is 0 Å². The number of carbonyl (C=O) groups is 1. The van der Waals surface area contributed by atoms with Crippen LogP contribution in [0, 0.1) is 0 Å². The SMILES string of the molecule is COC(=O)CCc1cccc2c1CCN2. The summed E-state index contributed by atoms with van der Waals surface area (Å²) in [7, 11) is 1.43. The third-order valence-corrected chi connectivity index (χ3v) is 2.79. The highest BCUT2D eigenvalue weighted by atomic mass is 16.5. The van der Waals surface area contributed by atoms with Gasteiger partial charge in [-0.05, 0) is 30.0 Å².